The smallest absolute Gasteiger partial charge is 0.415 e. The van der Waals surface area contributed by atoms with Gasteiger partial charge in [0.15, 0.2) is 0 Å². The molecule has 0 radical (unpaired) electrons. The number of benzene rings is 1. The summed E-state index contributed by atoms with van der Waals surface area (Å²) in [5.41, 5.74) is 0.481. The van der Waals surface area contributed by atoms with Crippen molar-refractivity contribution in [2.24, 2.45) is 0 Å². The van der Waals surface area contributed by atoms with E-state index in [1.807, 2.05) is 12.1 Å². The Morgan fingerprint density at radius 3 is 3.05 bits per heavy atom. The molecule has 2 aliphatic rings. The fourth-order valence-corrected chi connectivity index (χ4v) is 3.01. The standard InChI is InChI=1S/C14H17ClN2O2/c15-11-3-1-4-12(9-11)17-10-14(19-13(17)18)5-2-7-16-8-6-14/h1,3-4,9,16H,2,5-8,10H2. The third-order valence-corrected chi connectivity index (χ3v) is 4.07. The van der Waals surface area contributed by atoms with Gasteiger partial charge in [0.05, 0.1) is 6.54 Å². The van der Waals surface area contributed by atoms with E-state index >= 15 is 0 Å². The van der Waals surface area contributed by atoms with E-state index in [1.54, 1.807) is 17.0 Å². The molecule has 1 unspecified atom stereocenters. The van der Waals surface area contributed by atoms with E-state index in [0.717, 1.165) is 38.0 Å². The fourth-order valence-electron chi connectivity index (χ4n) is 2.83. The van der Waals surface area contributed by atoms with Crippen LogP contribution in [0.25, 0.3) is 0 Å². The summed E-state index contributed by atoms with van der Waals surface area (Å²) < 4.78 is 5.68. The van der Waals surface area contributed by atoms with E-state index in [0.29, 0.717) is 11.6 Å². The lowest BCUT2D eigenvalue weighted by Crippen LogP contribution is -2.35. The van der Waals surface area contributed by atoms with Gasteiger partial charge in [-0.3, -0.25) is 4.90 Å². The van der Waals surface area contributed by atoms with Gasteiger partial charge in [0.2, 0.25) is 0 Å². The van der Waals surface area contributed by atoms with Crippen LogP contribution in [0.15, 0.2) is 24.3 Å². The lowest BCUT2D eigenvalue weighted by molar-refractivity contribution is 0.0470. The molecule has 2 heterocycles. The van der Waals surface area contributed by atoms with E-state index in [9.17, 15) is 4.79 Å². The van der Waals surface area contributed by atoms with Gasteiger partial charge in [-0.05, 0) is 44.1 Å². The SMILES string of the molecule is O=C1OC2(CCCNCC2)CN1c1cccc(Cl)c1. The van der Waals surface area contributed by atoms with Gasteiger partial charge in [-0.15, -0.1) is 0 Å². The summed E-state index contributed by atoms with van der Waals surface area (Å²) in [6, 6.07) is 7.35. The maximum atomic E-state index is 12.1. The van der Waals surface area contributed by atoms with Crippen molar-refractivity contribution in [2.75, 3.05) is 24.5 Å². The summed E-state index contributed by atoms with van der Waals surface area (Å²) in [6.45, 7) is 2.51. The third kappa shape index (κ3) is 2.55. The second kappa shape index (κ2) is 5.02. The quantitative estimate of drug-likeness (QED) is 0.860. The van der Waals surface area contributed by atoms with Gasteiger partial charge in [0, 0.05) is 17.1 Å². The van der Waals surface area contributed by atoms with Crippen LogP contribution in [0.3, 0.4) is 0 Å². The lowest BCUT2D eigenvalue weighted by atomic mass is 9.95. The summed E-state index contributed by atoms with van der Waals surface area (Å²) >= 11 is 5.99. The summed E-state index contributed by atoms with van der Waals surface area (Å²) in [4.78, 5) is 13.8. The highest BCUT2D eigenvalue weighted by Gasteiger charge is 2.45. The number of amides is 1. The van der Waals surface area contributed by atoms with Crippen LogP contribution in [0.4, 0.5) is 10.5 Å². The van der Waals surface area contributed by atoms with E-state index in [-0.39, 0.29) is 11.7 Å². The summed E-state index contributed by atoms with van der Waals surface area (Å²) in [6.07, 6.45) is 2.57. The molecule has 1 N–H and O–H groups in total. The average molecular weight is 281 g/mol. The Kier molecular flexibility index (Phi) is 3.37. The molecule has 0 bridgehead atoms. The molecule has 5 heteroatoms. The van der Waals surface area contributed by atoms with Crippen molar-refractivity contribution in [3.8, 4) is 0 Å². The van der Waals surface area contributed by atoms with Crippen molar-refractivity contribution >= 4 is 23.4 Å². The van der Waals surface area contributed by atoms with Crippen molar-refractivity contribution in [1.82, 2.24) is 5.32 Å². The van der Waals surface area contributed by atoms with E-state index in [4.69, 9.17) is 16.3 Å². The number of nitrogens with one attached hydrogen (secondary N) is 1. The number of carbonyl (C=O) groups is 1. The molecule has 1 aromatic carbocycles. The zero-order chi connectivity index (χ0) is 13.3. The molecule has 0 aliphatic carbocycles. The minimum atomic E-state index is -0.330. The maximum absolute atomic E-state index is 12.1. The van der Waals surface area contributed by atoms with Gasteiger partial charge in [-0.1, -0.05) is 17.7 Å². The van der Waals surface area contributed by atoms with Crippen LogP contribution in [-0.2, 0) is 4.74 Å². The van der Waals surface area contributed by atoms with Crippen LogP contribution in [0.1, 0.15) is 19.3 Å². The number of rotatable bonds is 1. The first-order chi connectivity index (χ1) is 9.19. The van der Waals surface area contributed by atoms with Crippen LogP contribution in [0, 0.1) is 0 Å². The molecule has 2 saturated heterocycles. The normalized spacial score (nSPS) is 27.4. The first-order valence-electron chi connectivity index (χ1n) is 6.65. The molecular formula is C14H17ClN2O2. The Bertz CT molecular complexity index is 484. The third-order valence-electron chi connectivity index (χ3n) is 3.83. The van der Waals surface area contributed by atoms with Crippen LogP contribution < -0.4 is 10.2 Å². The number of carbonyl (C=O) groups excluding carboxylic acids is 1. The van der Waals surface area contributed by atoms with Gasteiger partial charge in [0.1, 0.15) is 5.60 Å². The topological polar surface area (TPSA) is 41.6 Å². The monoisotopic (exact) mass is 280 g/mol. The van der Waals surface area contributed by atoms with Crippen LogP contribution >= 0.6 is 11.6 Å². The number of halogens is 1. The molecule has 2 fully saturated rings. The van der Waals surface area contributed by atoms with Gasteiger partial charge in [-0.25, -0.2) is 4.79 Å². The Morgan fingerprint density at radius 1 is 1.32 bits per heavy atom. The molecule has 3 rings (SSSR count). The molecule has 4 nitrogen and oxygen atoms in total. The Morgan fingerprint density at radius 2 is 2.21 bits per heavy atom. The van der Waals surface area contributed by atoms with Crippen LogP contribution in [-0.4, -0.2) is 31.3 Å². The van der Waals surface area contributed by atoms with Gasteiger partial charge in [-0.2, -0.15) is 0 Å². The molecule has 1 aromatic rings. The zero-order valence-electron chi connectivity index (χ0n) is 10.7. The Labute approximate surface area is 117 Å². The molecule has 1 spiro atoms. The predicted molar refractivity (Wildman–Crippen MR) is 74.7 cm³/mol. The van der Waals surface area contributed by atoms with Crippen LogP contribution in [0.5, 0.6) is 0 Å². The molecule has 2 aliphatic heterocycles. The molecule has 0 saturated carbocycles. The van der Waals surface area contributed by atoms with E-state index in [2.05, 4.69) is 5.32 Å². The van der Waals surface area contributed by atoms with Crippen LogP contribution in [0.2, 0.25) is 5.02 Å². The highest BCUT2D eigenvalue weighted by Crippen LogP contribution is 2.35. The average Bonchev–Trinajstić information content (AvgIpc) is 2.57. The Balaban J connectivity index is 1.83. The molecule has 102 valence electrons. The van der Waals surface area contributed by atoms with Gasteiger partial charge < -0.3 is 10.1 Å². The molecular weight excluding hydrogens is 264 g/mol. The minimum absolute atomic E-state index is 0.260. The fraction of sp³-hybridized carbons (Fsp3) is 0.500. The Hall–Kier alpha value is -1.26. The van der Waals surface area contributed by atoms with E-state index in [1.165, 1.54) is 0 Å². The van der Waals surface area contributed by atoms with Crippen molar-refractivity contribution < 1.29 is 9.53 Å². The second-order valence-electron chi connectivity index (χ2n) is 5.22. The molecule has 0 aromatic heterocycles. The van der Waals surface area contributed by atoms with Crippen molar-refractivity contribution in [1.29, 1.82) is 0 Å². The largest absolute Gasteiger partial charge is 0.441 e. The van der Waals surface area contributed by atoms with E-state index < -0.39 is 0 Å². The zero-order valence-corrected chi connectivity index (χ0v) is 11.4. The number of hydrogen-bond acceptors (Lipinski definition) is 3. The van der Waals surface area contributed by atoms with Crippen molar-refractivity contribution in [3.05, 3.63) is 29.3 Å². The summed E-state index contributed by atoms with van der Waals surface area (Å²) in [5.74, 6) is 0. The second-order valence-corrected chi connectivity index (χ2v) is 5.66. The molecule has 19 heavy (non-hydrogen) atoms. The van der Waals surface area contributed by atoms with Crippen molar-refractivity contribution in [2.45, 2.75) is 24.9 Å². The van der Waals surface area contributed by atoms with Crippen molar-refractivity contribution in [3.63, 3.8) is 0 Å². The maximum Gasteiger partial charge on any atom is 0.415 e. The summed E-state index contributed by atoms with van der Waals surface area (Å²) in [7, 11) is 0. The number of anilines is 1. The highest BCUT2D eigenvalue weighted by molar-refractivity contribution is 6.30. The summed E-state index contributed by atoms with van der Waals surface area (Å²) in [5, 5.41) is 3.98. The number of hydrogen-bond donors (Lipinski definition) is 1. The highest BCUT2D eigenvalue weighted by atomic mass is 35.5. The number of nitrogens with zero attached hydrogens (tertiary/aromatic N) is 1. The minimum Gasteiger partial charge on any atom is -0.441 e. The first-order valence-corrected chi connectivity index (χ1v) is 7.03. The molecule has 1 atom stereocenters. The lowest BCUT2D eigenvalue weighted by Gasteiger charge is -2.24. The predicted octanol–water partition coefficient (Wildman–Crippen LogP) is 2.81. The molecule has 1 amide bonds. The van der Waals surface area contributed by atoms with Gasteiger partial charge in [0.25, 0.3) is 0 Å². The number of ether oxygens (including phenoxy) is 1. The first kappa shape index (κ1) is 12.8. The van der Waals surface area contributed by atoms with Gasteiger partial charge >= 0.3 is 6.09 Å².